The number of rotatable bonds is 9. The molecule has 2 amide bonds. The Morgan fingerprint density at radius 3 is 2.33 bits per heavy atom. The van der Waals surface area contributed by atoms with Gasteiger partial charge >= 0.3 is 6.09 Å². The Labute approximate surface area is 108 Å². The van der Waals surface area contributed by atoms with Crippen molar-refractivity contribution in [1.82, 2.24) is 10.6 Å². The molecule has 2 N–H and O–H groups in total. The van der Waals surface area contributed by atoms with Gasteiger partial charge in [-0.15, -0.1) is 6.42 Å². The lowest BCUT2D eigenvalue weighted by atomic mass is 10.2. The van der Waals surface area contributed by atoms with E-state index in [1.807, 2.05) is 0 Å². The number of terminal acetylenes is 1. The average Bonchev–Trinajstić information content (AvgIpc) is 2.38. The third-order valence-electron chi connectivity index (χ3n) is 2.14. The standard InChI is InChI=1S/C13H20N2O3/c1-3-11-18-13(17)15-10-8-6-5-7-9-14-12(16)4-2/h1,4H,2,5-11H2,(H,14,16)(H,15,17). The number of alkyl carbamates (subject to hydrolysis) is 1. The van der Waals surface area contributed by atoms with Gasteiger partial charge in [0.15, 0.2) is 6.61 Å². The highest BCUT2D eigenvalue weighted by Crippen LogP contribution is 1.97. The molecule has 0 aliphatic rings. The van der Waals surface area contributed by atoms with Crippen molar-refractivity contribution in [2.75, 3.05) is 19.7 Å². The molecule has 0 rings (SSSR count). The molecule has 18 heavy (non-hydrogen) atoms. The minimum absolute atomic E-state index is 0.00512. The van der Waals surface area contributed by atoms with E-state index in [0.717, 1.165) is 25.7 Å². The van der Waals surface area contributed by atoms with E-state index in [1.54, 1.807) is 0 Å². The summed E-state index contributed by atoms with van der Waals surface area (Å²) in [4.78, 5) is 21.8. The molecule has 0 aromatic carbocycles. The lowest BCUT2D eigenvalue weighted by Crippen LogP contribution is -2.25. The minimum atomic E-state index is -0.480. The molecule has 0 radical (unpaired) electrons. The zero-order valence-electron chi connectivity index (χ0n) is 10.5. The van der Waals surface area contributed by atoms with E-state index in [9.17, 15) is 9.59 Å². The lowest BCUT2D eigenvalue weighted by Gasteiger charge is -2.05. The second-order valence-electron chi connectivity index (χ2n) is 3.62. The summed E-state index contributed by atoms with van der Waals surface area (Å²) < 4.78 is 4.63. The van der Waals surface area contributed by atoms with E-state index in [2.05, 4.69) is 27.9 Å². The summed E-state index contributed by atoms with van der Waals surface area (Å²) in [5.74, 6) is 2.07. The molecule has 0 bridgehead atoms. The third kappa shape index (κ3) is 10.6. The summed E-state index contributed by atoms with van der Waals surface area (Å²) in [7, 11) is 0. The number of amides is 2. The van der Waals surface area contributed by atoms with Crippen LogP contribution in [0.15, 0.2) is 12.7 Å². The van der Waals surface area contributed by atoms with Crippen molar-refractivity contribution in [2.24, 2.45) is 0 Å². The highest BCUT2D eigenvalue weighted by molar-refractivity contribution is 5.86. The van der Waals surface area contributed by atoms with Gasteiger partial charge in [-0.1, -0.05) is 25.3 Å². The molecule has 0 atom stereocenters. The lowest BCUT2D eigenvalue weighted by molar-refractivity contribution is -0.116. The maximum atomic E-state index is 11.0. The fraction of sp³-hybridized carbons (Fsp3) is 0.538. The number of unbranched alkanes of at least 4 members (excludes halogenated alkanes) is 3. The number of carbonyl (C=O) groups excluding carboxylic acids is 2. The third-order valence-corrected chi connectivity index (χ3v) is 2.14. The van der Waals surface area contributed by atoms with Gasteiger partial charge in [0.1, 0.15) is 0 Å². The largest absolute Gasteiger partial charge is 0.436 e. The molecule has 0 spiro atoms. The smallest absolute Gasteiger partial charge is 0.408 e. The molecular formula is C13H20N2O3. The van der Waals surface area contributed by atoms with Gasteiger partial charge in [0.05, 0.1) is 0 Å². The van der Waals surface area contributed by atoms with Crippen LogP contribution in [-0.4, -0.2) is 31.7 Å². The molecule has 5 heteroatoms. The second kappa shape index (κ2) is 11.5. The fourth-order valence-electron chi connectivity index (χ4n) is 1.24. The van der Waals surface area contributed by atoms with Crippen LogP contribution in [0.2, 0.25) is 0 Å². The Bertz CT molecular complexity index is 308. The Balaban J connectivity index is 3.21. The second-order valence-corrected chi connectivity index (χ2v) is 3.62. The molecule has 5 nitrogen and oxygen atoms in total. The van der Waals surface area contributed by atoms with E-state index in [1.165, 1.54) is 6.08 Å². The van der Waals surface area contributed by atoms with Gasteiger partial charge in [-0.05, 0) is 18.9 Å². The number of hydrogen-bond donors (Lipinski definition) is 2. The van der Waals surface area contributed by atoms with Crippen molar-refractivity contribution in [3.05, 3.63) is 12.7 Å². The molecule has 0 aliphatic heterocycles. The van der Waals surface area contributed by atoms with E-state index < -0.39 is 6.09 Å². The number of hydrogen-bond acceptors (Lipinski definition) is 3. The Kier molecular flexibility index (Phi) is 10.3. The van der Waals surface area contributed by atoms with Crippen LogP contribution in [-0.2, 0) is 9.53 Å². The maximum absolute atomic E-state index is 11.0. The van der Waals surface area contributed by atoms with Gasteiger partial charge in [0.2, 0.25) is 5.91 Å². The van der Waals surface area contributed by atoms with Gasteiger partial charge in [0, 0.05) is 13.1 Å². The SMILES string of the molecule is C#CCOC(=O)NCCCCCCNC(=O)C=C. The van der Waals surface area contributed by atoms with Gasteiger partial charge in [-0.25, -0.2) is 4.79 Å². The number of ether oxygens (including phenoxy) is 1. The maximum Gasteiger partial charge on any atom is 0.408 e. The average molecular weight is 252 g/mol. The Morgan fingerprint density at radius 2 is 1.78 bits per heavy atom. The molecular weight excluding hydrogens is 232 g/mol. The van der Waals surface area contributed by atoms with Crippen LogP contribution in [0, 0.1) is 12.3 Å². The van der Waals surface area contributed by atoms with Gasteiger partial charge in [0.25, 0.3) is 0 Å². The summed E-state index contributed by atoms with van der Waals surface area (Å²) in [6.45, 7) is 4.58. The van der Waals surface area contributed by atoms with Crippen LogP contribution in [0.5, 0.6) is 0 Å². The zero-order valence-corrected chi connectivity index (χ0v) is 10.5. The van der Waals surface area contributed by atoms with Crippen molar-refractivity contribution < 1.29 is 14.3 Å². The number of carbonyl (C=O) groups is 2. The quantitative estimate of drug-likeness (QED) is 0.368. The van der Waals surface area contributed by atoms with Gasteiger partial charge < -0.3 is 15.4 Å². The van der Waals surface area contributed by atoms with Gasteiger partial charge in [-0.3, -0.25) is 4.79 Å². The van der Waals surface area contributed by atoms with Gasteiger partial charge in [-0.2, -0.15) is 0 Å². The summed E-state index contributed by atoms with van der Waals surface area (Å²) >= 11 is 0. The molecule has 0 aromatic heterocycles. The van der Waals surface area contributed by atoms with Crippen molar-refractivity contribution in [2.45, 2.75) is 25.7 Å². The van der Waals surface area contributed by atoms with Crippen LogP contribution >= 0.6 is 0 Å². The topological polar surface area (TPSA) is 67.4 Å². The normalized spacial score (nSPS) is 9.06. The minimum Gasteiger partial charge on any atom is -0.436 e. The summed E-state index contributed by atoms with van der Waals surface area (Å²) in [6, 6.07) is 0. The van der Waals surface area contributed by atoms with E-state index in [4.69, 9.17) is 6.42 Å². The highest BCUT2D eigenvalue weighted by atomic mass is 16.5. The molecule has 0 saturated heterocycles. The van der Waals surface area contributed by atoms with Crippen LogP contribution in [0.25, 0.3) is 0 Å². The monoisotopic (exact) mass is 252 g/mol. The Hall–Kier alpha value is -1.96. The predicted octanol–water partition coefficient (Wildman–Crippen LogP) is 1.21. The van der Waals surface area contributed by atoms with Crippen LogP contribution in [0.3, 0.4) is 0 Å². The first-order valence-corrected chi connectivity index (χ1v) is 5.95. The van der Waals surface area contributed by atoms with Crippen LogP contribution < -0.4 is 10.6 Å². The molecule has 0 heterocycles. The van der Waals surface area contributed by atoms with E-state index in [-0.39, 0.29) is 12.5 Å². The predicted molar refractivity (Wildman–Crippen MR) is 69.9 cm³/mol. The molecule has 0 unspecified atom stereocenters. The highest BCUT2D eigenvalue weighted by Gasteiger charge is 1.98. The first-order valence-electron chi connectivity index (χ1n) is 5.95. The van der Waals surface area contributed by atoms with Crippen molar-refractivity contribution in [3.63, 3.8) is 0 Å². The van der Waals surface area contributed by atoms with Crippen molar-refractivity contribution in [1.29, 1.82) is 0 Å². The number of nitrogens with one attached hydrogen (secondary N) is 2. The van der Waals surface area contributed by atoms with E-state index >= 15 is 0 Å². The Morgan fingerprint density at radius 1 is 1.17 bits per heavy atom. The van der Waals surface area contributed by atoms with Crippen LogP contribution in [0.4, 0.5) is 4.79 Å². The molecule has 0 fully saturated rings. The zero-order chi connectivity index (χ0) is 13.6. The first-order chi connectivity index (χ1) is 8.70. The molecule has 100 valence electrons. The van der Waals surface area contributed by atoms with Crippen molar-refractivity contribution in [3.8, 4) is 12.3 Å². The molecule has 0 aromatic rings. The summed E-state index contributed by atoms with van der Waals surface area (Å²) in [5, 5.41) is 5.30. The fourth-order valence-corrected chi connectivity index (χ4v) is 1.24. The summed E-state index contributed by atoms with van der Waals surface area (Å²) in [6.07, 6.45) is 9.49. The van der Waals surface area contributed by atoms with Crippen LogP contribution in [0.1, 0.15) is 25.7 Å². The molecule has 0 saturated carbocycles. The molecule has 0 aliphatic carbocycles. The first kappa shape index (κ1) is 16.0. The van der Waals surface area contributed by atoms with E-state index in [0.29, 0.717) is 13.1 Å². The van der Waals surface area contributed by atoms with Crippen molar-refractivity contribution >= 4 is 12.0 Å². The summed E-state index contributed by atoms with van der Waals surface area (Å²) in [5.41, 5.74) is 0.